The van der Waals surface area contributed by atoms with Crippen LogP contribution in [0.5, 0.6) is 5.75 Å². The third kappa shape index (κ3) is 5.32. The van der Waals surface area contributed by atoms with E-state index >= 15 is 0 Å². The molecule has 0 amide bonds. The van der Waals surface area contributed by atoms with Gasteiger partial charge in [-0.15, -0.1) is 0 Å². The Morgan fingerprint density at radius 1 is 1.13 bits per heavy atom. The fourth-order valence-corrected chi connectivity index (χ4v) is 4.04. The summed E-state index contributed by atoms with van der Waals surface area (Å²) in [4.78, 5) is 7.18. The Morgan fingerprint density at radius 2 is 2.00 bits per heavy atom. The van der Waals surface area contributed by atoms with Crippen molar-refractivity contribution in [3.63, 3.8) is 0 Å². The van der Waals surface area contributed by atoms with Crippen LogP contribution in [0.4, 0.5) is 0 Å². The zero-order valence-corrected chi connectivity index (χ0v) is 18.8. The summed E-state index contributed by atoms with van der Waals surface area (Å²) >= 11 is 0. The van der Waals surface area contributed by atoms with Crippen molar-refractivity contribution in [1.29, 1.82) is 0 Å². The molecule has 0 unspecified atom stereocenters. The quantitative estimate of drug-likeness (QED) is 0.547. The zero-order chi connectivity index (χ0) is 21.6. The lowest BCUT2D eigenvalue weighted by molar-refractivity contribution is -0.0350. The second-order valence-electron chi connectivity index (χ2n) is 8.00. The van der Waals surface area contributed by atoms with E-state index in [4.69, 9.17) is 14.5 Å². The van der Waals surface area contributed by atoms with Crippen LogP contribution in [0.25, 0.3) is 0 Å². The molecule has 1 aliphatic rings. The van der Waals surface area contributed by atoms with Crippen LogP contribution in [0, 0.1) is 6.92 Å². The molecule has 1 atom stereocenters. The first kappa shape index (κ1) is 21.5. The Morgan fingerprint density at radius 3 is 2.74 bits per heavy atom. The molecule has 1 saturated heterocycles. The molecule has 1 aromatic carbocycles. The Hall–Kier alpha value is -2.70. The van der Waals surface area contributed by atoms with Crippen molar-refractivity contribution < 1.29 is 9.47 Å². The summed E-state index contributed by atoms with van der Waals surface area (Å²) in [6, 6.07) is 12.5. The monoisotopic (exact) mass is 420 g/mol. The molecule has 6 nitrogen and oxygen atoms in total. The maximum absolute atomic E-state index is 6.05. The highest BCUT2D eigenvalue weighted by Gasteiger charge is 2.24. The van der Waals surface area contributed by atoms with Gasteiger partial charge in [0.1, 0.15) is 11.9 Å². The van der Waals surface area contributed by atoms with E-state index in [0.29, 0.717) is 6.61 Å². The van der Waals surface area contributed by atoms with Gasteiger partial charge in [0, 0.05) is 50.6 Å². The largest absolute Gasteiger partial charge is 0.494 e. The standard InChI is InChI=1S/C25H32N4O2/c1-4-29-17-22(19(3)27-29)16-28-12-13-31-25(18-28)23-11-10-20(15-26-23)14-21-8-6-7-9-24(21)30-5-2/h6-11,15,17,25H,4-5,12-14,16,18H2,1-3H3/t25-/m1/s1. The minimum atomic E-state index is 0.0000344. The highest BCUT2D eigenvalue weighted by Crippen LogP contribution is 2.25. The van der Waals surface area contributed by atoms with Gasteiger partial charge in [0.25, 0.3) is 0 Å². The predicted molar refractivity (Wildman–Crippen MR) is 121 cm³/mol. The molecule has 1 fully saturated rings. The van der Waals surface area contributed by atoms with Crippen molar-refractivity contribution in [2.75, 3.05) is 26.3 Å². The zero-order valence-electron chi connectivity index (χ0n) is 18.8. The molecule has 0 bridgehead atoms. The summed E-state index contributed by atoms with van der Waals surface area (Å²) in [5.74, 6) is 0.946. The van der Waals surface area contributed by atoms with E-state index in [1.165, 1.54) is 16.7 Å². The maximum Gasteiger partial charge on any atom is 0.122 e. The lowest BCUT2D eigenvalue weighted by Crippen LogP contribution is -2.38. The number of ether oxygens (including phenoxy) is 2. The van der Waals surface area contributed by atoms with Crippen LogP contribution in [0.3, 0.4) is 0 Å². The predicted octanol–water partition coefficient (Wildman–Crippen LogP) is 4.17. The minimum Gasteiger partial charge on any atom is -0.494 e. The number of rotatable bonds is 8. The third-order valence-corrected chi connectivity index (χ3v) is 5.76. The topological polar surface area (TPSA) is 52.4 Å². The molecule has 0 spiro atoms. The number of hydrogen-bond acceptors (Lipinski definition) is 5. The van der Waals surface area contributed by atoms with Crippen LogP contribution in [-0.2, 0) is 24.2 Å². The molecule has 0 radical (unpaired) electrons. The molecule has 3 heterocycles. The molecule has 31 heavy (non-hydrogen) atoms. The van der Waals surface area contributed by atoms with Crippen LogP contribution in [0.1, 0.15) is 48.0 Å². The van der Waals surface area contributed by atoms with Crippen LogP contribution in [0.2, 0.25) is 0 Å². The molecule has 164 valence electrons. The van der Waals surface area contributed by atoms with Gasteiger partial charge in [-0.2, -0.15) is 5.10 Å². The molecule has 6 heteroatoms. The Labute approximate surface area is 184 Å². The number of pyridine rings is 1. The smallest absolute Gasteiger partial charge is 0.122 e. The van der Waals surface area contributed by atoms with Crippen molar-refractivity contribution in [3.8, 4) is 5.75 Å². The van der Waals surface area contributed by atoms with E-state index in [0.717, 1.165) is 56.3 Å². The van der Waals surface area contributed by atoms with Gasteiger partial charge in [-0.1, -0.05) is 24.3 Å². The number of aromatic nitrogens is 3. The Bertz CT molecular complexity index is 983. The van der Waals surface area contributed by atoms with Gasteiger partial charge in [0.2, 0.25) is 0 Å². The van der Waals surface area contributed by atoms with Gasteiger partial charge in [-0.3, -0.25) is 14.6 Å². The average Bonchev–Trinajstić information content (AvgIpc) is 3.15. The number of nitrogens with zero attached hydrogens (tertiary/aromatic N) is 4. The number of hydrogen-bond donors (Lipinski definition) is 0. The van der Waals surface area contributed by atoms with Crippen molar-refractivity contribution in [3.05, 3.63) is 76.9 Å². The average molecular weight is 421 g/mol. The van der Waals surface area contributed by atoms with Gasteiger partial charge in [-0.05, 0) is 44.0 Å². The molecule has 4 rings (SSSR count). The highest BCUT2D eigenvalue weighted by atomic mass is 16.5. The van der Waals surface area contributed by atoms with E-state index in [9.17, 15) is 0 Å². The first-order chi connectivity index (χ1) is 15.2. The van der Waals surface area contributed by atoms with Crippen LogP contribution >= 0.6 is 0 Å². The second kappa shape index (κ2) is 10.1. The van der Waals surface area contributed by atoms with E-state index in [-0.39, 0.29) is 6.10 Å². The van der Waals surface area contributed by atoms with Crippen LogP contribution in [0.15, 0.2) is 48.8 Å². The second-order valence-corrected chi connectivity index (χ2v) is 8.00. The van der Waals surface area contributed by atoms with Crippen molar-refractivity contribution in [2.24, 2.45) is 0 Å². The van der Waals surface area contributed by atoms with Gasteiger partial charge in [0.05, 0.1) is 24.6 Å². The van der Waals surface area contributed by atoms with Gasteiger partial charge < -0.3 is 9.47 Å². The molecule has 0 N–H and O–H groups in total. The molecule has 0 saturated carbocycles. The number of aryl methyl sites for hydroxylation is 2. The van der Waals surface area contributed by atoms with Gasteiger partial charge in [0.15, 0.2) is 0 Å². The Balaban J connectivity index is 1.40. The van der Waals surface area contributed by atoms with Crippen molar-refractivity contribution in [1.82, 2.24) is 19.7 Å². The molecular weight excluding hydrogens is 388 g/mol. The van der Waals surface area contributed by atoms with Crippen molar-refractivity contribution >= 4 is 0 Å². The summed E-state index contributed by atoms with van der Waals surface area (Å²) in [6.45, 7) is 11.2. The summed E-state index contributed by atoms with van der Waals surface area (Å²) in [6.07, 6.45) is 4.94. The molecule has 3 aromatic rings. The lowest BCUT2D eigenvalue weighted by atomic mass is 10.0. The van der Waals surface area contributed by atoms with E-state index in [1.54, 1.807) is 0 Å². The molecule has 0 aliphatic carbocycles. The molecule has 2 aromatic heterocycles. The van der Waals surface area contributed by atoms with Gasteiger partial charge >= 0.3 is 0 Å². The number of benzene rings is 1. The molecular formula is C25H32N4O2. The third-order valence-electron chi connectivity index (χ3n) is 5.76. The summed E-state index contributed by atoms with van der Waals surface area (Å²) in [7, 11) is 0. The van der Waals surface area contributed by atoms with E-state index in [2.05, 4.69) is 54.3 Å². The summed E-state index contributed by atoms with van der Waals surface area (Å²) < 4.78 is 13.8. The Kier molecular flexibility index (Phi) is 6.99. The SMILES string of the molecule is CCOc1ccccc1Cc1ccc([C@H]2CN(Cc3cn(CC)nc3C)CCO2)nc1. The van der Waals surface area contributed by atoms with E-state index in [1.807, 2.05) is 29.9 Å². The maximum atomic E-state index is 6.05. The first-order valence-corrected chi connectivity index (χ1v) is 11.2. The van der Waals surface area contributed by atoms with Gasteiger partial charge in [-0.25, -0.2) is 0 Å². The van der Waals surface area contributed by atoms with Crippen LogP contribution < -0.4 is 4.74 Å². The summed E-state index contributed by atoms with van der Waals surface area (Å²) in [5.41, 5.74) is 5.75. The van der Waals surface area contributed by atoms with E-state index < -0.39 is 0 Å². The molecule has 1 aliphatic heterocycles. The minimum absolute atomic E-state index is 0.0000344. The lowest BCUT2D eigenvalue weighted by Gasteiger charge is -2.32. The first-order valence-electron chi connectivity index (χ1n) is 11.2. The number of morpholine rings is 1. The normalized spacial score (nSPS) is 17.1. The fourth-order valence-electron chi connectivity index (χ4n) is 4.04. The number of para-hydroxylation sites is 1. The summed E-state index contributed by atoms with van der Waals surface area (Å²) in [5, 5.41) is 4.57. The fraction of sp³-hybridized carbons (Fsp3) is 0.440. The highest BCUT2D eigenvalue weighted by molar-refractivity contribution is 5.37. The van der Waals surface area contributed by atoms with Crippen molar-refractivity contribution in [2.45, 2.75) is 46.4 Å². The van der Waals surface area contributed by atoms with Crippen LogP contribution in [-0.4, -0.2) is 46.0 Å².